The van der Waals surface area contributed by atoms with Crippen molar-refractivity contribution in [2.45, 2.75) is 25.0 Å². The van der Waals surface area contributed by atoms with Gasteiger partial charge in [-0.2, -0.15) is 11.8 Å². The Labute approximate surface area is 118 Å². The van der Waals surface area contributed by atoms with E-state index in [0.717, 1.165) is 30.3 Å². The van der Waals surface area contributed by atoms with Crippen LogP contribution in [0.15, 0.2) is 24.3 Å². The zero-order chi connectivity index (χ0) is 13.0. The Bertz CT molecular complexity index is 424. The molecule has 1 fully saturated rings. The van der Waals surface area contributed by atoms with Gasteiger partial charge in [0.1, 0.15) is 0 Å². The van der Waals surface area contributed by atoms with Crippen LogP contribution in [0.5, 0.6) is 0 Å². The highest BCUT2D eigenvalue weighted by Crippen LogP contribution is 2.37. The molecule has 2 rings (SSSR count). The maximum Gasteiger partial charge on any atom is 0.222 e. The van der Waals surface area contributed by atoms with Crippen molar-refractivity contribution in [1.82, 2.24) is 4.90 Å². The second kappa shape index (κ2) is 6.48. The average molecular weight is 284 g/mol. The first-order valence-corrected chi connectivity index (χ1v) is 7.79. The topological polar surface area (TPSA) is 20.3 Å². The molecule has 1 heterocycles. The molecule has 0 radical (unpaired) electrons. The van der Waals surface area contributed by atoms with E-state index in [1.807, 2.05) is 41.8 Å². The average Bonchev–Trinajstić information content (AvgIpc) is 2.64. The highest BCUT2D eigenvalue weighted by atomic mass is 35.5. The molecule has 0 saturated carbocycles. The summed E-state index contributed by atoms with van der Waals surface area (Å²) >= 11 is 8.15. The minimum absolute atomic E-state index is 0.260. The highest BCUT2D eigenvalue weighted by Gasteiger charge is 2.22. The van der Waals surface area contributed by atoms with Gasteiger partial charge >= 0.3 is 0 Å². The molecule has 4 heteroatoms. The number of carbonyl (C=O) groups excluding carboxylic acids is 1. The van der Waals surface area contributed by atoms with Gasteiger partial charge in [-0.1, -0.05) is 36.7 Å². The minimum Gasteiger partial charge on any atom is -0.342 e. The third-order valence-corrected chi connectivity index (χ3v) is 4.90. The van der Waals surface area contributed by atoms with Crippen LogP contribution in [0.3, 0.4) is 0 Å². The zero-order valence-corrected chi connectivity index (χ0v) is 12.1. The monoisotopic (exact) mass is 283 g/mol. The van der Waals surface area contributed by atoms with Crippen LogP contribution in [-0.4, -0.2) is 29.6 Å². The van der Waals surface area contributed by atoms with Crippen molar-refractivity contribution in [3.8, 4) is 0 Å². The fraction of sp³-hybridized carbons (Fsp3) is 0.500. The summed E-state index contributed by atoms with van der Waals surface area (Å²) in [4.78, 5) is 13.7. The predicted molar refractivity (Wildman–Crippen MR) is 78.1 cm³/mol. The molecule has 1 amide bonds. The van der Waals surface area contributed by atoms with Crippen LogP contribution in [-0.2, 0) is 4.79 Å². The summed E-state index contributed by atoms with van der Waals surface area (Å²) in [6.07, 6.45) is 1.58. The molecule has 0 bridgehead atoms. The standard InChI is InChI=1S/C14H18ClNOS/c1-2-14(17)16-8-7-13(18-10-9-16)11-5-3-4-6-12(11)15/h3-6,13H,2,7-10H2,1H3. The molecular formula is C14H18ClNOS. The molecule has 1 saturated heterocycles. The number of nitrogens with zero attached hydrogens (tertiary/aromatic N) is 1. The van der Waals surface area contributed by atoms with Crippen LogP contribution in [0, 0.1) is 0 Å². The molecule has 1 aliphatic heterocycles. The van der Waals surface area contributed by atoms with E-state index in [1.54, 1.807) is 0 Å². The second-order valence-electron chi connectivity index (χ2n) is 4.40. The second-order valence-corrected chi connectivity index (χ2v) is 6.12. The van der Waals surface area contributed by atoms with Gasteiger partial charge in [0.2, 0.25) is 5.91 Å². The summed E-state index contributed by atoms with van der Waals surface area (Å²) < 4.78 is 0. The highest BCUT2D eigenvalue weighted by molar-refractivity contribution is 7.99. The number of amides is 1. The lowest BCUT2D eigenvalue weighted by molar-refractivity contribution is -0.130. The number of hydrogen-bond donors (Lipinski definition) is 0. The summed E-state index contributed by atoms with van der Waals surface area (Å²) in [5.74, 6) is 1.25. The van der Waals surface area contributed by atoms with Gasteiger partial charge in [0.25, 0.3) is 0 Å². The third-order valence-electron chi connectivity index (χ3n) is 3.25. The molecule has 18 heavy (non-hydrogen) atoms. The predicted octanol–water partition coefficient (Wildman–Crippen LogP) is 3.76. The summed E-state index contributed by atoms with van der Waals surface area (Å²) in [7, 11) is 0. The maximum atomic E-state index is 11.7. The molecule has 98 valence electrons. The lowest BCUT2D eigenvalue weighted by Crippen LogP contribution is -2.32. The molecule has 0 N–H and O–H groups in total. The lowest BCUT2D eigenvalue weighted by atomic mass is 10.1. The number of carbonyl (C=O) groups is 1. The summed E-state index contributed by atoms with van der Waals surface area (Å²) in [5.41, 5.74) is 1.20. The number of benzene rings is 1. The Kier molecular flexibility index (Phi) is 4.95. The van der Waals surface area contributed by atoms with E-state index in [4.69, 9.17) is 11.6 Å². The molecule has 1 unspecified atom stereocenters. The molecule has 0 aliphatic carbocycles. The van der Waals surface area contributed by atoms with Gasteiger partial charge < -0.3 is 4.90 Å². The zero-order valence-electron chi connectivity index (χ0n) is 10.6. The molecule has 1 aliphatic rings. The Morgan fingerprint density at radius 3 is 2.94 bits per heavy atom. The summed E-state index contributed by atoms with van der Waals surface area (Å²) in [6.45, 7) is 3.62. The van der Waals surface area contributed by atoms with Crippen molar-refractivity contribution >= 4 is 29.3 Å². The smallest absolute Gasteiger partial charge is 0.222 e. The molecule has 2 nitrogen and oxygen atoms in total. The van der Waals surface area contributed by atoms with Gasteiger partial charge in [-0.05, 0) is 18.1 Å². The van der Waals surface area contributed by atoms with Crippen LogP contribution >= 0.6 is 23.4 Å². The van der Waals surface area contributed by atoms with Gasteiger partial charge in [-0.3, -0.25) is 4.79 Å². The Morgan fingerprint density at radius 1 is 1.44 bits per heavy atom. The van der Waals surface area contributed by atoms with Gasteiger partial charge in [0, 0.05) is 35.5 Å². The molecule has 0 spiro atoms. The quantitative estimate of drug-likeness (QED) is 0.824. The first-order chi connectivity index (χ1) is 8.72. The van der Waals surface area contributed by atoms with E-state index >= 15 is 0 Å². The van der Waals surface area contributed by atoms with E-state index in [-0.39, 0.29) is 5.91 Å². The van der Waals surface area contributed by atoms with Gasteiger partial charge in [0.15, 0.2) is 0 Å². The van der Waals surface area contributed by atoms with Gasteiger partial charge in [-0.25, -0.2) is 0 Å². The Morgan fingerprint density at radius 2 is 2.22 bits per heavy atom. The van der Waals surface area contributed by atoms with Crippen molar-refractivity contribution < 1.29 is 4.79 Å². The van der Waals surface area contributed by atoms with E-state index in [2.05, 4.69) is 6.07 Å². The third kappa shape index (κ3) is 3.21. The largest absolute Gasteiger partial charge is 0.342 e. The van der Waals surface area contributed by atoms with E-state index < -0.39 is 0 Å². The van der Waals surface area contributed by atoms with Crippen molar-refractivity contribution in [2.75, 3.05) is 18.8 Å². The van der Waals surface area contributed by atoms with Crippen LogP contribution in [0.4, 0.5) is 0 Å². The SMILES string of the molecule is CCC(=O)N1CCSC(c2ccccc2Cl)CC1. The fourth-order valence-corrected chi connectivity index (χ4v) is 3.83. The van der Waals surface area contributed by atoms with Crippen LogP contribution in [0.25, 0.3) is 0 Å². The van der Waals surface area contributed by atoms with Crippen LogP contribution < -0.4 is 0 Å². The number of hydrogen-bond acceptors (Lipinski definition) is 2. The summed E-state index contributed by atoms with van der Waals surface area (Å²) in [5, 5.41) is 1.25. The maximum absolute atomic E-state index is 11.7. The number of rotatable bonds is 2. The molecule has 0 aromatic heterocycles. The lowest BCUT2D eigenvalue weighted by Gasteiger charge is -2.19. The number of halogens is 1. The summed E-state index contributed by atoms with van der Waals surface area (Å²) in [6, 6.07) is 8.02. The molecule has 1 aromatic rings. The van der Waals surface area contributed by atoms with E-state index in [0.29, 0.717) is 11.7 Å². The van der Waals surface area contributed by atoms with Crippen LogP contribution in [0.2, 0.25) is 5.02 Å². The van der Waals surface area contributed by atoms with Crippen molar-refractivity contribution in [3.05, 3.63) is 34.9 Å². The van der Waals surface area contributed by atoms with Crippen molar-refractivity contribution in [3.63, 3.8) is 0 Å². The van der Waals surface area contributed by atoms with E-state index in [9.17, 15) is 4.79 Å². The molecular weight excluding hydrogens is 266 g/mol. The van der Waals surface area contributed by atoms with E-state index in [1.165, 1.54) is 5.56 Å². The van der Waals surface area contributed by atoms with Crippen molar-refractivity contribution in [1.29, 1.82) is 0 Å². The number of thioether (sulfide) groups is 1. The first kappa shape index (κ1) is 13.8. The van der Waals surface area contributed by atoms with Crippen molar-refractivity contribution in [2.24, 2.45) is 0 Å². The Hall–Kier alpha value is -0.670. The van der Waals surface area contributed by atoms with Crippen LogP contribution in [0.1, 0.15) is 30.6 Å². The normalized spacial score (nSPS) is 20.6. The molecule has 1 aromatic carbocycles. The first-order valence-electron chi connectivity index (χ1n) is 6.36. The molecule has 1 atom stereocenters. The van der Waals surface area contributed by atoms with Gasteiger partial charge in [-0.15, -0.1) is 0 Å². The van der Waals surface area contributed by atoms with Gasteiger partial charge in [0.05, 0.1) is 0 Å². The minimum atomic E-state index is 0.260. The fourth-order valence-electron chi connectivity index (χ4n) is 2.23. The Balaban J connectivity index is 2.05.